The van der Waals surface area contributed by atoms with E-state index in [1.165, 1.54) is 12.3 Å². The van der Waals surface area contributed by atoms with Gasteiger partial charge >= 0.3 is 5.00 Å². The molecule has 2 aromatic carbocycles. The Kier molecular flexibility index (Phi) is 5.35. The zero-order valence-electron chi connectivity index (χ0n) is 13.4. The van der Waals surface area contributed by atoms with Crippen molar-refractivity contribution >= 4 is 28.5 Å². The number of nitro groups is 1. The summed E-state index contributed by atoms with van der Waals surface area (Å²) in [5.74, 6) is 0.567. The number of rotatable bonds is 6. The van der Waals surface area contributed by atoms with Crippen LogP contribution in [0, 0.1) is 10.1 Å². The van der Waals surface area contributed by atoms with Crippen LogP contribution in [0.4, 0.5) is 5.00 Å². The number of hydrogen-bond acceptors (Lipinski definition) is 6. The van der Waals surface area contributed by atoms with Crippen LogP contribution in [0.3, 0.4) is 0 Å². The van der Waals surface area contributed by atoms with E-state index in [2.05, 4.69) is 10.5 Å². The summed E-state index contributed by atoms with van der Waals surface area (Å²) in [6.07, 6.45) is 1.35. The van der Waals surface area contributed by atoms with Gasteiger partial charge in [-0.15, -0.1) is 0 Å². The minimum absolute atomic E-state index is 0.0133. The van der Waals surface area contributed by atoms with E-state index in [0.29, 0.717) is 22.6 Å². The SMILES string of the molecule is O=C(N/N=C/c1csc([N+](=O)[O-])c1)c1ccccc1Oc1ccccc1. The average Bonchev–Trinajstić information content (AvgIpc) is 3.12. The first-order valence-corrected chi connectivity index (χ1v) is 8.40. The summed E-state index contributed by atoms with van der Waals surface area (Å²) in [6, 6.07) is 17.3. The first-order valence-electron chi connectivity index (χ1n) is 7.52. The molecule has 1 N–H and O–H groups in total. The lowest BCUT2D eigenvalue weighted by Gasteiger charge is -2.09. The number of ether oxygens (including phenoxy) is 1. The minimum atomic E-state index is -0.474. The van der Waals surface area contributed by atoms with Crippen molar-refractivity contribution < 1.29 is 14.5 Å². The molecule has 3 rings (SSSR count). The summed E-state index contributed by atoms with van der Waals surface area (Å²) in [7, 11) is 0. The molecule has 0 aliphatic carbocycles. The third-order valence-electron chi connectivity index (χ3n) is 3.27. The molecular formula is C18H13N3O4S. The molecule has 0 saturated carbocycles. The molecule has 1 heterocycles. The zero-order chi connectivity index (χ0) is 18.4. The van der Waals surface area contributed by atoms with Crippen LogP contribution in [0.5, 0.6) is 11.5 Å². The summed E-state index contributed by atoms with van der Waals surface area (Å²) in [4.78, 5) is 22.5. The molecule has 0 spiro atoms. The smallest absolute Gasteiger partial charge is 0.324 e. The van der Waals surface area contributed by atoms with Gasteiger partial charge in [0.25, 0.3) is 5.91 Å². The topological polar surface area (TPSA) is 93.8 Å². The van der Waals surface area contributed by atoms with E-state index >= 15 is 0 Å². The van der Waals surface area contributed by atoms with Crippen molar-refractivity contribution in [1.82, 2.24) is 5.43 Å². The van der Waals surface area contributed by atoms with E-state index in [1.807, 2.05) is 18.2 Å². The maximum absolute atomic E-state index is 12.3. The van der Waals surface area contributed by atoms with E-state index in [4.69, 9.17) is 4.74 Å². The molecule has 0 aliphatic heterocycles. The van der Waals surface area contributed by atoms with Crippen molar-refractivity contribution in [2.45, 2.75) is 0 Å². The molecule has 0 aliphatic rings. The lowest BCUT2D eigenvalue weighted by molar-refractivity contribution is -0.380. The van der Waals surface area contributed by atoms with Gasteiger partial charge in [0.05, 0.1) is 16.7 Å². The van der Waals surface area contributed by atoms with Crippen molar-refractivity contribution in [2.24, 2.45) is 5.10 Å². The number of hydrogen-bond donors (Lipinski definition) is 1. The molecule has 3 aromatic rings. The summed E-state index contributed by atoms with van der Waals surface area (Å²) < 4.78 is 5.74. The van der Waals surface area contributed by atoms with Crippen LogP contribution in [0.15, 0.2) is 71.1 Å². The third kappa shape index (κ3) is 4.31. The van der Waals surface area contributed by atoms with Crippen molar-refractivity contribution in [3.63, 3.8) is 0 Å². The van der Waals surface area contributed by atoms with Crippen molar-refractivity contribution in [1.29, 1.82) is 0 Å². The second kappa shape index (κ2) is 8.04. The molecule has 26 heavy (non-hydrogen) atoms. The molecule has 8 heteroatoms. The van der Waals surface area contributed by atoms with Crippen molar-refractivity contribution in [2.75, 3.05) is 0 Å². The number of carbonyl (C=O) groups is 1. The quantitative estimate of drug-likeness (QED) is 0.401. The maximum atomic E-state index is 12.3. The van der Waals surface area contributed by atoms with Crippen LogP contribution in [0.2, 0.25) is 0 Å². The molecular weight excluding hydrogens is 354 g/mol. The van der Waals surface area contributed by atoms with Gasteiger partial charge in [-0.25, -0.2) is 5.43 Å². The van der Waals surface area contributed by atoms with Crippen LogP contribution in [0.25, 0.3) is 0 Å². The van der Waals surface area contributed by atoms with Crippen molar-refractivity contribution in [3.8, 4) is 11.5 Å². The monoisotopic (exact) mass is 367 g/mol. The lowest BCUT2D eigenvalue weighted by atomic mass is 10.2. The first-order chi connectivity index (χ1) is 12.6. The predicted molar refractivity (Wildman–Crippen MR) is 99.0 cm³/mol. The van der Waals surface area contributed by atoms with Crippen LogP contribution in [-0.2, 0) is 0 Å². The largest absolute Gasteiger partial charge is 0.457 e. The summed E-state index contributed by atoms with van der Waals surface area (Å²) >= 11 is 0.994. The number of thiophene rings is 1. The number of nitrogens with one attached hydrogen (secondary N) is 1. The van der Waals surface area contributed by atoms with Crippen LogP contribution < -0.4 is 10.2 Å². The van der Waals surface area contributed by atoms with E-state index in [0.717, 1.165) is 11.3 Å². The highest BCUT2D eigenvalue weighted by Gasteiger charge is 2.12. The molecule has 1 aromatic heterocycles. The van der Waals surface area contributed by atoms with E-state index < -0.39 is 10.8 Å². The molecule has 0 saturated heterocycles. The van der Waals surface area contributed by atoms with Crippen molar-refractivity contribution in [3.05, 3.63) is 87.3 Å². The normalized spacial score (nSPS) is 10.6. The molecule has 0 fully saturated rings. The first kappa shape index (κ1) is 17.3. The number of hydrazone groups is 1. The Morgan fingerprint density at radius 2 is 1.88 bits per heavy atom. The van der Waals surface area contributed by atoms with Gasteiger partial charge in [-0.2, -0.15) is 5.10 Å². The van der Waals surface area contributed by atoms with Gasteiger partial charge in [-0.1, -0.05) is 41.7 Å². The zero-order valence-corrected chi connectivity index (χ0v) is 14.2. The Balaban J connectivity index is 1.69. The number of carbonyl (C=O) groups excluding carboxylic acids is 1. The molecule has 0 atom stereocenters. The van der Waals surface area contributed by atoms with Gasteiger partial charge in [0.2, 0.25) is 0 Å². The summed E-state index contributed by atoms with van der Waals surface area (Å²) in [5, 5.41) is 16.1. The molecule has 0 bridgehead atoms. The highest BCUT2D eigenvalue weighted by molar-refractivity contribution is 7.13. The summed E-state index contributed by atoms with van der Waals surface area (Å²) in [5.41, 5.74) is 3.26. The van der Waals surface area contributed by atoms with E-state index in [9.17, 15) is 14.9 Å². The second-order valence-electron chi connectivity index (χ2n) is 5.09. The fraction of sp³-hybridized carbons (Fsp3) is 0. The Morgan fingerprint density at radius 3 is 2.62 bits per heavy atom. The fourth-order valence-electron chi connectivity index (χ4n) is 2.09. The molecule has 0 radical (unpaired) electrons. The van der Waals surface area contributed by atoms with E-state index in [1.54, 1.807) is 41.8 Å². The Bertz CT molecular complexity index is 954. The van der Waals surface area contributed by atoms with Gasteiger partial charge in [0, 0.05) is 17.0 Å². The maximum Gasteiger partial charge on any atom is 0.324 e. The van der Waals surface area contributed by atoms with Crippen LogP contribution >= 0.6 is 11.3 Å². The van der Waals surface area contributed by atoms with Gasteiger partial charge < -0.3 is 4.74 Å². The average molecular weight is 367 g/mol. The molecule has 130 valence electrons. The lowest BCUT2D eigenvalue weighted by Crippen LogP contribution is -2.18. The molecule has 1 amide bonds. The van der Waals surface area contributed by atoms with Gasteiger partial charge in [-0.05, 0) is 24.3 Å². The Morgan fingerprint density at radius 1 is 1.15 bits per heavy atom. The number of benzene rings is 2. The summed E-state index contributed by atoms with van der Waals surface area (Å²) in [6.45, 7) is 0. The predicted octanol–water partition coefficient (Wildman–Crippen LogP) is 4.21. The number of amides is 1. The van der Waals surface area contributed by atoms with Gasteiger partial charge in [-0.3, -0.25) is 14.9 Å². The Hall–Kier alpha value is -3.52. The number of nitrogens with zero attached hydrogens (tertiary/aromatic N) is 2. The minimum Gasteiger partial charge on any atom is -0.457 e. The highest BCUT2D eigenvalue weighted by atomic mass is 32.1. The van der Waals surface area contributed by atoms with Crippen LogP contribution in [0.1, 0.15) is 15.9 Å². The molecule has 7 nitrogen and oxygen atoms in total. The number of para-hydroxylation sites is 2. The van der Waals surface area contributed by atoms with E-state index in [-0.39, 0.29) is 5.00 Å². The van der Waals surface area contributed by atoms with Gasteiger partial charge in [0.15, 0.2) is 0 Å². The third-order valence-corrected chi connectivity index (χ3v) is 4.17. The molecule has 0 unspecified atom stereocenters. The van der Waals surface area contributed by atoms with Gasteiger partial charge in [0.1, 0.15) is 11.5 Å². The highest BCUT2D eigenvalue weighted by Crippen LogP contribution is 2.25. The fourth-order valence-corrected chi connectivity index (χ4v) is 2.76. The van der Waals surface area contributed by atoms with Crippen LogP contribution in [-0.4, -0.2) is 17.0 Å². The standard InChI is InChI=1S/C18H13N3O4S/c22-18(20-19-11-13-10-17(21(23)24)26-12-13)15-8-4-5-9-16(15)25-14-6-2-1-3-7-14/h1-12H,(H,20,22)/b19-11+. The Labute approximate surface area is 152 Å². The second-order valence-corrected chi connectivity index (χ2v) is 5.98.